The summed E-state index contributed by atoms with van der Waals surface area (Å²) in [5.74, 6) is -0.521. The maximum Gasteiger partial charge on any atom is 0.261 e. The van der Waals surface area contributed by atoms with Crippen molar-refractivity contribution in [2.45, 2.75) is 22.6 Å². The van der Waals surface area contributed by atoms with Gasteiger partial charge in [0.05, 0.1) is 26.6 Å². The van der Waals surface area contributed by atoms with Crippen LogP contribution in [0, 0.1) is 5.82 Å². The van der Waals surface area contributed by atoms with Gasteiger partial charge < -0.3 is 0 Å². The molecule has 3 aromatic rings. The molecule has 0 radical (unpaired) electrons. The third-order valence-corrected chi connectivity index (χ3v) is 8.27. The predicted molar refractivity (Wildman–Crippen MR) is 99.2 cm³/mol. The summed E-state index contributed by atoms with van der Waals surface area (Å²) in [6.07, 6.45) is 0.487. The molecular weight excluding hydrogens is 399 g/mol. The fraction of sp³-hybridized carbons (Fsp3) is 0.188. The van der Waals surface area contributed by atoms with E-state index in [1.54, 1.807) is 13.0 Å². The quantitative estimate of drug-likeness (QED) is 0.667. The van der Waals surface area contributed by atoms with E-state index in [0.717, 1.165) is 23.5 Å². The standard InChI is InChI=1S/C16H15FN2O4S3/c1-2-9-25(20,21)16-18-14-8-5-12(10-15(14)24-16)19-26(22,23)13-6-3-11(17)4-7-13/h3-8,10,19H,2,9H2,1H3. The Morgan fingerprint density at radius 2 is 1.77 bits per heavy atom. The van der Waals surface area contributed by atoms with Crippen LogP contribution in [0.5, 0.6) is 0 Å². The van der Waals surface area contributed by atoms with Crippen molar-refractivity contribution in [3.63, 3.8) is 0 Å². The maximum atomic E-state index is 13.0. The van der Waals surface area contributed by atoms with E-state index in [2.05, 4.69) is 9.71 Å². The number of rotatable bonds is 6. The third kappa shape index (κ3) is 3.87. The molecule has 1 aromatic heterocycles. The lowest BCUT2D eigenvalue weighted by Crippen LogP contribution is -2.12. The smallest absolute Gasteiger partial charge is 0.261 e. The highest BCUT2D eigenvalue weighted by Gasteiger charge is 2.19. The van der Waals surface area contributed by atoms with E-state index in [9.17, 15) is 21.2 Å². The number of fused-ring (bicyclic) bond motifs is 1. The molecule has 26 heavy (non-hydrogen) atoms. The van der Waals surface area contributed by atoms with Crippen molar-refractivity contribution >= 4 is 47.1 Å². The van der Waals surface area contributed by atoms with Crippen LogP contribution < -0.4 is 4.72 Å². The Morgan fingerprint density at radius 1 is 1.08 bits per heavy atom. The molecule has 0 fully saturated rings. The summed E-state index contributed by atoms with van der Waals surface area (Å²) in [6, 6.07) is 9.03. The van der Waals surface area contributed by atoms with E-state index in [-0.39, 0.29) is 20.7 Å². The number of hydrogen-bond acceptors (Lipinski definition) is 6. The van der Waals surface area contributed by atoms with Gasteiger partial charge in [-0.05, 0) is 48.9 Å². The van der Waals surface area contributed by atoms with Crippen LogP contribution in [0.25, 0.3) is 10.2 Å². The number of hydrogen-bond donors (Lipinski definition) is 1. The van der Waals surface area contributed by atoms with E-state index in [1.807, 2.05) is 0 Å². The van der Waals surface area contributed by atoms with Crippen molar-refractivity contribution in [2.24, 2.45) is 0 Å². The van der Waals surface area contributed by atoms with E-state index in [1.165, 1.54) is 24.3 Å². The summed E-state index contributed by atoms with van der Waals surface area (Å²) >= 11 is 0.999. The molecule has 0 bridgehead atoms. The Labute approximate surface area is 154 Å². The topological polar surface area (TPSA) is 93.2 Å². The SMILES string of the molecule is CCCS(=O)(=O)c1nc2ccc(NS(=O)(=O)c3ccc(F)cc3)cc2s1. The average molecular weight is 415 g/mol. The molecule has 10 heteroatoms. The fourth-order valence-corrected chi connectivity index (χ4v) is 6.05. The van der Waals surface area contributed by atoms with Crippen molar-refractivity contribution in [3.8, 4) is 0 Å². The number of sulfonamides is 1. The van der Waals surface area contributed by atoms with Crippen LogP contribution in [0.4, 0.5) is 10.1 Å². The maximum absolute atomic E-state index is 13.0. The molecule has 1 heterocycles. The highest BCUT2D eigenvalue weighted by Crippen LogP contribution is 2.29. The Bertz CT molecular complexity index is 1150. The van der Waals surface area contributed by atoms with Crippen LogP contribution in [-0.4, -0.2) is 27.6 Å². The zero-order valence-corrected chi connectivity index (χ0v) is 16.1. The van der Waals surface area contributed by atoms with E-state index < -0.39 is 25.7 Å². The van der Waals surface area contributed by atoms with E-state index in [0.29, 0.717) is 16.6 Å². The second-order valence-electron chi connectivity index (χ2n) is 5.54. The molecule has 0 amide bonds. The van der Waals surface area contributed by atoms with Gasteiger partial charge in [0.25, 0.3) is 10.0 Å². The number of nitrogens with one attached hydrogen (secondary N) is 1. The minimum absolute atomic E-state index is 0.0108. The Hall–Kier alpha value is -2.04. The van der Waals surface area contributed by atoms with Crippen LogP contribution in [-0.2, 0) is 19.9 Å². The van der Waals surface area contributed by atoms with Crippen molar-refractivity contribution in [3.05, 3.63) is 48.3 Å². The van der Waals surface area contributed by atoms with Crippen LogP contribution in [0.3, 0.4) is 0 Å². The van der Waals surface area contributed by atoms with Gasteiger partial charge in [0.1, 0.15) is 5.82 Å². The lowest BCUT2D eigenvalue weighted by atomic mass is 10.3. The van der Waals surface area contributed by atoms with Crippen LogP contribution >= 0.6 is 11.3 Å². The van der Waals surface area contributed by atoms with Gasteiger partial charge in [-0.1, -0.05) is 6.92 Å². The van der Waals surface area contributed by atoms with Gasteiger partial charge in [-0.25, -0.2) is 26.2 Å². The molecule has 0 aliphatic rings. The molecular formula is C16H15FN2O4S3. The first-order valence-electron chi connectivity index (χ1n) is 7.63. The first-order valence-corrected chi connectivity index (χ1v) is 11.6. The molecule has 3 rings (SSSR count). The molecule has 1 N–H and O–H groups in total. The van der Waals surface area contributed by atoms with Crippen LogP contribution in [0.1, 0.15) is 13.3 Å². The Kier molecular flexibility index (Phi) is 5.00. The number of anilines is 1. The highest BCUT2D eigenvalue weighted by molar-refractivity contribution is 7.93. The zero-order valence-electron chi connectivity index (χ0n) is 13.6. The molecule has 0 aliphatic carbocycles. The van der Waals surface area contributed by atoms with Crippen molar-refractivity contribution < 1.29 is 21.2 Å². The van der Waals surface area contributed by atoms with Gasteiger partial charge in [-0.3, -0.25) is 4.72 Å². The minimum Gasteiger partial charge on any atom is -0.280 e. The molecule has 0 saturated heterocycles. The largest absolute Gasteiger partial charge is 0.280 e. The van der Waals surface area contributed by atoms with Crippen molar-refractivity contribution in [1.29, 1.82) is 0 Å². The lowest BCUT2D eigenvalue weighted by molar-refractivity contribution is 0.593. The lowest BCUT2D eigenvalue weighted by Gasteiger charge is -2.07. The Morgan fingerprint density at radius 3 is 2.42 bits per heavy atom. The van der Waals surface area contributed by atoms with E-state index in [4.69, 9.17) is 0 Å². The summed E-state index contributed by atoms with van der Waals surface area (Å²) in [5, 5.41) is 0. The van der Waals surface area contributed by atoms with Gasteiger partial charge in [0.15, 0.2) is 0 Å². The van der Waals surface area contributed by atoms with Gasteiger partial charge >= 0.3 is 0 Å². The van der Waals surface area contributed by atoms with Gasteiger partial charge in [-0.2, -0.15) is 0 Å². The van der Waals surface area contributed by atoms with Crippen molar-refractivity contribution in [1.82, 2.24) is 4.98 Å². The monoisotopic (exact) mass is 414 g/mol. The number of thiazole rings is 1. The molecule has 0 aliphatic heterocycles. The number of sulfone groups is 1. The molecule has 0 atom stereocenters. The molecule has 0 spiro atoms. The van der Waals surface area contributed by atoms with Crippen molar-refractivity contribution in [2.75, 3.05) is 10.5 Å². The summed E-state index contributed by atoms with van der Waals surface area (Å²) in [5.41, 5.74) is 0.749. The Balaban J connectivity index is 1.93. The predicted octanol–water partition coefficient (Wildman–Crippen LogP) is 3.42. The first kappa shape index (κ1) is 18.7. The van der Waals surface area contributed by atoms with Crippen LogP contribution in [0.15, 0.2) is 51.7 Å². The summed E-state index contributed by atoms with van der Waals surface area (Å²) in [6.45, 7) is 1.77. The third-order valence-electron chi connectivity index (χ3n) is 3.48. The summed E-state index contributed by atoms with van der Waals surface area (Å²) < 4.78 is 64.9. The second-order valence-corrected chi connectivity index (χ2v) is 10.5. The average Bonchev–Trinajstić information content (AvgIpc) is 2.99. The number of benzene rings is 2. The van der Waals surface area contributed by atoms with Crippen LogP contribution in [0.2, 0.25) is 0 Å². The fourth-order valence-electron chi connectivity index (χ4n) is 2.28. The van der Waals surface area contributed by atoms with E-state index >= 15 is 0 Å². The zero-order chi connectivity index (χ0) is 18.9. The summed E-state index contributed by atoms with van der Waals surface area (Å²) in [7, 11) is -7.31. The number of halogens is 1. The van der Waals surface area contributed by atoms with Gasteiger partial charge in [0.2, 0.25) is 14.2 Å². The molecule has 0 unspecified atom stereocenters. The molecule has 6 nitrogen and oxygen atoms in total. The normalized spacial score (nSPS) is 12.4. The number of nitrogens with zero attached hydrogens (tertiary/aromatic N) is 1. The minimum atomic E-state index is -3.88. The molecule has 138 valence electrons. The highest BCUT2D eigenvalue weighted by atomic mass is 32.2. The first-order chi connectivity index (χ1) is 12.2. The molecule has 0 saturated carbocycles. The number of aromatic nitrogens is 1. The second kappa shape index (κ2) is 6.93. The summed E-state index contributed by atoms with van der Waals surface area (Å²) in [4.78, 5) is 4.05. The molecule has 2 aromatic carbocycles. The van der Waals surface area contributed by atoms with Gasteiger partial charge in [0, 0.05) is 0 Å². The van der Waals surface area contributed by atoms with Gasteiger partial charge in [-0.15, -0.1) is 11.3 Å².